The number of fused-ring (bicyclic) bond motifs is 1. The molecule has 0 unspecified atom stereocenters. The average molecular weight is 428 g/mol. The van der Waals surface area contributed by atoms with Crippen LogP contribution in [0, 0.1) is 5.92 Å². The second-order valence-corrected chi connectivity index (χ2v) is 7.97. The summed E-state index contributed by atoms with van der Waals surface area (Å²) >= 11 is 0. The molecular weight excluding hydrogens is 414 g/mol. The van der Waals surface area contributed by atoms with Gasteiger partial charge < -0.3 is 4.57 Å². The van der Waals surface area contributed by atoms with Crippen LogP contribution in [0.4, 0.5) is 26.3 Å². The molecule has 0 saturated heterocycles. The van der Waals surface area contributed by atoms with Gasteiger partial charge in [0.15, 0.2) is 0 Å². The van der Waals surface area contributed by atoms with Gasteiger partial charge in [-0.2, -0.15) is 26.3 Å². The molecule has 0 saturated carbocycles. The minimum Gasteiger partial charge on any atom is -0.314 e. The zero-order valence-electron chi connectivity index (χ0n) is 14.0. The molecule has 1 N–H and O–H groups in total. The molecular formula is C15H14F6N4O2S. The van der Waals surface area contributed by atoms with Gasteiger partial charge in [0, 0.05) is 13.0 Å². The van der Waals surface area contributed by atoms with Crippen molar-refractivity contribution >= 4 is 10.0 Å². The Kier molecular flexibility index (Phi) is 5.17. The fourth-order valence-electron chi connectivity index (χ4n) is 2.97. The lowest BCUT2D eigenvalue weighted by molar-refractivity contribution is -0.179. The molecule has 0 aliphatic carbocycles. The first-order valence-electron chi connectivity index (χ1n) is 8.03. The molecule has 0 fully saturated rings. The summed E-state index contributed by atoms with van der Waals surface area (Å²) < 4.78 is 106. The van der Waals surface area contributed by atoms with E-state index in [2.05, 4.69) is 10.2 Å². The first-order chi connectivity index (χ1) is 12.9. The predicted molar refractivity (Wildman–Crippen MR) is 83.4 cm³/mol. The molecule has 1 atom stereocenters. The summed E-state index contributed by atoms with van der Waals surface area (Å²) in [6.07, 6.45) is -9.85. The minimum absolute atomic E-state index is 0.0312. The van der Waals surface area contributed by atoms with Crippen LogP contribution in [-0.4, -0.2) is 29.4 Å². The first-order valence-corrected chi connectivity index (χ1v) is 9.51. The highest BCUT2D eigenvalue weighted by Gasteiger charge is 2.42. The first kappa shape index (κ1) is 20.6. The van der Waals surface area contributed by atoms with Crippen LogP contribution in [-0.2, 0) is 35.7 Å². The molecule has 2 heterocycles. The van der Waals surface area contributed by atoms with E-state index in [1.165, 1.54) is 4.57 Å². The van der Waals surface area contributed by atoms with Gasteiger partial charge in [0.2, 0.25) is 10.0 Å². The Hall–Kier alpha value is -2.15. The Labute approximate surface area is 155 Å². The zero-order chi connectivity index (χ0) is 20.7. The van der Waals surface area contributed by atoms with E-state index in [0.29, 0.717) is 6.07 Å². The minimum atomic E-state index is -4.87. The molecule has 1 aliphatic heterocycles. The van der Waals surface area contributed by atoms with Crippen molar-refractivity contribution in [1.29, 1.82) is 0 Å². The van der Waals surface area contributed by atoms with Crippen LogP contribution in [0.1, 0.15) is 23.6 Å². The zero-order valence-corrected chi connectivity index (χ0v) is 14.9. The van der Waals surface area contributed by atoms with Crippen LogP contribution in [0.5, 0.6) is 0 Å². The highest BCUT2D eigenvalue weighted by molar-refractivity contribution is 7.89. The summed E-state index contributed by atoms with van der Waals surface area (Å²) in [7, 11) is -4.54. The molecule has 6 nitrogen and oxygen atoms in total. The molecule has 13 heteroatoms. The fraction of sp³-hybridized carbons (Fsp3) is 0.467. The highest BCUT2D eigenvalue weighted by atomic mass is 32.2. The van der Waals surface area contributed by atoms with Gasteiger partial charge >= 0.3 is 12.4 Å². The number of halogens is 6. The fourth-order valence-corrected chi connectivity index (χ4v) is 4.18. The Balaban J connectivity index is 1.79. The number of aromatic nitrogens is 3. The number of sulfonamides is 1. The van der Waals surface area contributed by atoms with Crippen molar-refractivity contribution < 1.29 is 34.8 Å². The third kappa shape index (κ3) is 4.14. The van der Waals surface area contributed by atoms with Gasteiger partial charge in [-0.3, -0.25) is 0 Å². The molecule has 0 radical (unpaired) electrons. The largest absolute Gasteiger partial charge is 0.417 e. The standard InChI is InChI=1S/C15H14F6N4O2S/c16-14(17,18)9-5-6-25-12(7-9)23-24-13(25)8-22-28(26,27)11-4-2-1-3-10(11)15(19,20)21/h1-4,9,22H,5-8H2/t9-/m1/s1. The molecule has 0 bridgehead atoms. The van der Waals surface area contributed by atoms with E-state index >= 15 is 0 Å². The molecule has 0 amide bonds. The molecule has 0 spiro atoms. The molecule has 1 aromatic heterocycles. The maximum absolute atomic E-state index is 13.0. The molecule has 1 aliphatic rings. The van der Waals surface area contributed by atoms with E-state index in [0.717, 1.165) is 18.2 Å². The molecule has 1 aromatic carbocycles. The van der Waals surface area contributed by atoms with Crippen LogP contribution in [0.25, 0.3) is 0 Å². The van der Waals surface area contributed by atoms with Crippen molar-refractivity contribution in [2.24, 2.45) is 5.92 Å². The molecule has 2 aromatic rings. The summed E-state index contributed by atoms with van der Waals surface area (Å²) in [5.74, 6) is -1.48. The van der Waals surface area contributed by atoms with Crippen molar-refractivity contribution in [3.63, 3.8) is 0 Å². The van der Waals surface area contributed by atoms with Crippen LogP contribution in [0.3, 0.4) is 0 Å². The van der Waals surface area contributed by atoms with Gasteiger partial charge in [0.1, 0.15) is 11.6 Å². The topological polar surface area (TPSA) is 76.9 Å². The predicted octanol–water partition coefficient (Wildman–Crippen LogP) is 2.90. The molecule has 28 heavy (non-hydrogen) atoms. The number of alkyl halides is 6. The number of hydrogen-bond donors (Lipinski definition) is 1. The van der Waals surface area contributed by atoms with E-state index in [1.54, 1.807) is 0 Å². The van der Waals surface area contributed by atoms with Crippen LogP contribution in [0.15, 0.2) is 29.2 Å². The van der Waals surface area contributed by atoms with Crippen LogP contribution in [0.2, 0.25) is 0 Å². The quantitative estimate of drug-likeness (QED) is 0.760. The molecule has 154 valence electrons. The summed E-state index contributed by atoms with van der Waals surface area (Å²) in [6, 6.07) is 3.68. The van der Waals surface area contributed by atoms with E-state index in [9.17, 15) is 34.8 Å². The number of nitrogens with zero attached hydrogens (tertiary/aromatic N) is 3. The summed E-state index contributed by atoms with van der Waals surface area (Å²) in [5, 5.41) is 7.33. The average Bonchev–Trinajstić information content (AvgIpc) is 3.01. The second-order valence-electron chi connectivity index (χ2n) is 6.23. The van der Waals surface area contributed by atoms with Crippen molar-refractivity contribution in [3.05, 3.63) is 41.5 Å². The summed E-state index contributed by atoms with van der Waals surface area (Å²) in [4.78, 5) is -0.946. The van der Waals surface area contributed by atoms with Crippen molar-refractivity contribution in [2.75, 3.05) is 0 Å². The van der Waals surface area contributed by atoms with Gasteiger partial charge in [-0.25, -0.2) is 13.1 Å². The maximum atomic E-state index is 13.0. The van der Waals surface area contributed by atoms with Crippen molar-refractivity contribution in [1.82, 2.24) is 19.5 Å². The Bertz CT molecular complexity index is 968. The third-order valence-electron chi connectivity index (χ3n) is 4.40. The molecule has 3 rings (SSSR count). The lowest BCUT2D eigenvalue weighted by Crippen LogP contribution is -2.32. The Morgan fingerprint density at radius 1 is 1.11 bits per heavy atom. The number of nitrogens with one attached hydrogen (secondary N) is 1. The smallest absolute Gasteiger partial charge is 0.314 e. The monoisotopic (exact) mass is 428 g/mol. The summed E-state index contributed by atoms with van der Waals surface area (Å²) in [5.41, 5.74) is -1.32. The van der Waals surface area contributed by atoms with E-state index < -0.39 is 45.3 Å². The van der Waals surface area contributed by atoms with Gasteiger partial charge in [0.05, 0.1) is 22.9 Å². The van der Waals surface area contributed by atoms with Gasteiger partial charge in [-0.15, -0.1) is 10.2 Å². The number of rotatable bonds is 4. The van der Waals surface area contributed by atoms with Gasteiger partial charge in [-0.1, -0.05) is 12.1 Å². The normalized spacial score (nSPS) is 18.1. The Morgan fingerprint density at radius 3 is 2.43 bits per heavy atom. The number of benzene rings is 1. The van der Waals surface area contributed by atoms with Crippen LogP contribution >= 0.6 is 0 Å². The van der Waals surface area contributed by atoms with Gasteiger partial charge in [-0.05, 0) is 18.6 Å². The van der Waals surface area contributed by atoms with Crippen molar-refractivity contribution in [3.8, 4) is 0 Å². The third-order valence-corrected chi connectivity index (χ3v) is 5.86. The van der Waals surface area contributed by atoms with Crippen molar-refractivity contribution in [2.45, 2.75) is 43.2 Å². The van der Waals surface area contributed by atoms with E-state index in [1.807, 2.05) is 4.72 Å². The van der Waals surface area contributed by atoms with E-state index in [-0.39, 0.29) is 31.0 Å². The Morgan fingerprint density at radius 2 is 1.79 bits per heavy atom. The van der Waals surface area contributed by atoms with Crippen LogP contribution < -0.4 is 4.72 Å². The second kappa shape index (κ2) is 7.03. The maximum Gasteiger partial charge on any atom is 0.417 e. The SMILES string of the molecule is O=S(=O)(NCc1nnc2n1CC[C@@H](C(F)(F)F)C2)c1ccccc1C(F)(F)F. The lowest BCUT2D eigenvalue weighted by atomic mass is 9.97. The highest BCUT2D eigenvalue weighted by Crippen LogP contribution is 2.35. The summed E-state index contributed by atoms with van der Waals surface area (Å²) in [6.45, 7) is -0.569. The van der Waals surface area contributed by atoms with E-state index in [4.69, 9.17) is 0 Å². The number of hydrogen-bond acceptors (Lipinski definition) is 4. The van der Waals surface area contributed by atoms with Gasteiger partial charge in [0.25, 0.3) is 0 Å². The lowest BCUT2D eigenvalue weighted by Gasteiger charge is -2.25.